The number of hydrogen-bond donors (Lipinski definition) is 2. The molecule has 1 fully saturated rings. The van der Waals surface area contributed by atoms with Gasteiger partial charge in [-0.1, -0.05) is 0 Å². The molecule has 1 rings (SSSR count). The van der Waals surface area contributed by atoms with E-state index in [-0.39, 0.29) is 24.5 Å². The number of unbranched alkanes of at least 4 members (excludes halogenated alkanes) is 1. The van der Waals surface area contributed by atoms with Crippen LogP contribution in [0.2, 0.25) is 0 Å². The summed E-state index contributed by atoms with van der Waals surface area (Å²) in [7, 11) is -3.28. The summed E-state index contributed by atoms with van der Waals surface area (Å²) in [6.07, 6.45) is 5.87. The highest BCUT2D eigenvalue weighted by Crippen LogP contribution is 2.15. The van der Waals surface area contributed by atoms with Gasteiger partial charge in [-0.15, -0.1) is 12.3 Å². The van der Waals surface area contributed by atoms with Gasteiger partial charge in [-0.3, -0.25) is 4.79 Å². The van der Waals surface area contributed by atoms with Gasteiger partial charge in [-0.05, 0) is 6.42 Å². The van der Waals surface area contributed by atoms with Gasteiger partial charge in [0.15, 0.2) is 9.84 Å². The maximum atomic E-state index is 11.9. The number of terminal acetylenes is 1. The van der Waals surface area contributed by atoms with E-state index in [2.05, 4.69) is 11.2 Å². The van der Waals surface area contributed by atoms with Crippen molar-refractivity contribution in [3.8, 4) is 12.3 Å². The van der Waals surface area contributed by atoms with Gasteiger partial charge in [0.05, 0.1) is 24.0 Å². The standard InChI is InChI=1S/C12H18N2O5S/c1-2-3-4-5-13-12(17)14-6-7-20(18,19)9-10(14)8-11(15)16/h1,10H,3-9H2,(H,13,17)(H,15,16). The van der Waals surface area contributed by atoms with Crippen molar-refractivity contribution in [1.82, 2.24) is 10.2 Å². The molecule has 0 radical (unpaired) electrons. The van der Waals surface area contributed by atoms with Crippen LogP contribution in [0.25, 0.3) is 0 Å². The predicted molar refractivity (Wildman–Crippen MR) is 72.9 cm³/mol. The number of nitrogens with zero attached hydrogens (tertiary/aromatic N) is 1. The van der Waals surface area contributed by atoms with Crippen molar-refractivity contribution in [3.05, 3.63) is 0 Å². The first-order chi connectivity index (χ1) is 9.35. The third-order valence-corrected chi connectivity index (χ3v) is 4.67. The first-order valence-electron chi connectivity index (χ1n) is 6.26. The van der Waals surface area contributed by atoms with Gasteiger partial charge in [0.1, 0.15) is 0 Å². The number of nitrogens with one attached hydrogen (secondary N) is 1. The molecule has 1 aliphatic rings. The number of amides is 2. The van der Waals surface area contributed by atoms with Gasteiger partial charge < -0.3 is 15.3 Å². The lowest BCUT2D eigenvalue weighted by atomic mass is 10.2. The van der Waals surface area contributed by atoms with Crippen LogP contribution < -0.4 is 5.32 Å². The zero-order valence-electron chi connectivity index (χ0n) is 11.0. The van der Waals surface area contributed by atoms with E-state index in [9.17, 15) is 18.0 Å². The van der Waals surface area contributed by atoms with E-state index < -0.39 is 27.9 Å². The van der Waals surface area contributed by atoms with Crippen molar-refractivity contribution >= 4 is 21.8 Å². The van der Waals surface area contributed by atoms with Gasteiger partial charge in [-0.2, -0.15) is 0 Å². The lowest BCUT2D eigenvalue weighted by Gasteiger charge is -2.34. The molecule has 2 amide bonds. The fourth-order valence-electron chi connectivity index (χ4n) is 2.01. The molecule has 1 unspecified atom stereocenters. The molecule has 8 heteroatoms. The number of urea groups is 1. The lowest BCUT2D eigenvalue weighted by Crippen LogP contribution is -2.55. The minimum Gasteiger partial charge on any atom is -0.481 e. The molecule has 0 aromatic heterocycles. The van der Waals surface area contributed by atoms with Gasteiger partial charge in [0, 0.05) is 19.5 Å². The molecule has 7 nitrogen and oxygen atoms in total. The van der Waals surface area contributed by atoms with Crippen molar-refractivity contribution < 1.29 is 23.1 Å². The quantitative estimate of drug-likeness (QED) is 0.535. The monoisotopic (exact) mass is 302 g/mol. The molecule has 1 aliphatic heterocycles. The Balaban J connectivity index is 2.63. The number of carbonyl (C=O) groups excluding carboxylic acids is 1. The second kappa shape index (κ2) is 7.14. The molecule has 2 N–H and O–H groups in total. The Bertz CT molecular complexity index is 508. The molecule has 0 saturated carbocycles. The minimum absolute atomic E-state index is 0.0151. The summed E-state index contributed by atoms with van der Waals surface area (Å²) in [6, 6.07) is -1.26. The SMILES string of the molecule is C#CCCCNC(=O)N1CCS(=O)(=O)CC1CC(=O)O. The summed E-state index contributed by atoms with van der Waals surface area (Å²) in [5.74, 6) is 0.871. The van der Waals surface area contributed by atoms with Crippen LogP contribution in [0.3, 0.4) is 0 Å². The Labute approximate surface area is 118 Å². The predicted octanol–water partition coefficient (Wildman–Crippen LogP) is -0.317. The highest BCUT2D eigenvalue weighted by Gasteiger charge is 2.35. The molecule has 1 heterocycles. The van der Waals surface area contributed by atoms with E-state index in [0.717, 1.165) is 0 Å². The van der Waals surface area contributed by atoms with Crippen molar-refractivity contribution in [2.24, 2.45) is 0 Å². The summed E-state index contributed by atoms with van der Waals surface area (Å²) in [5.41, 5.74) is 0. The van der Waals surface area contributed by atoms with E-state index in [1.54, 1.807) is 0 Å². The zero-order valence-corrected chi connectivity index (χ0v) is 11.9. The first-order valence-corrected chi connectivity index (χ1v) is 8.08. The average molecular weight is 302 g/mol. The van der Waals surface area contributed by atoms with E-state index in [0.29, 0.717) is 19.4 Å². The fraction of sp³-hybridized carbons (Fsp3) is 0.667. The summed E-state index contributed by atoms with van der Waals surface area (Å²) in [4.78, 5) is 24.0. The summed E-state index contributed by atoms with van der Waals surface area (Å²) in [5, 5.41) is 11.4. The molecule has 112 valence electrons. The molecular formula is C12H18N2O5S. The number of carboxylic acids is 1. The van der Waals surface area contributed by atoms with Crippen LogP contribution in [0.1, 0.15) is 19.3 Å². The average Bonchev–Trinajstić information content (AvgIpc) is 2.32. The van der Waals surface area contributed by atoms with Crippen LogP contribution in [0, 0.1) is 12.3 Å². The third kappa shape index (κ3) is 5.09. The number of aliphatic carboxylic acids is 1. The topological polar surface area (TPSA) is 104 Å². The zero-order chi connectivity index (χ0) is 15.2. The molecule has 0 aromatic rings. The molecule has 0 bridgehead atoms. The second-order valence-corrected chi connectivity index (χ2v) is 6.83. The summed E-state index contributed by atoms with van der Waals surface area (Å²) < 4.78 is 23.1. The van der Waals surface area contributed by atoms with E-state index in [4.69, 9.17) is 11.5 Å². The highest BCUT2D eigenvalue weighted by atomic mass is 32.2. The van der Waals surface area contributed by atoms with Crippen molar-refractivity contribution in [3.63, 3.8) is 0 Å². The molecular weight excluding hydrogens is 284 g/mol. The molecule has 1 saturated heterocycles. The Morgan fingerprint density at radius 2 is 2.15 bits per heavy atom. The first kappa shape index (κ1) is 16.3. The fourth-order valence-corrected chi connectivity index (χ4v) is 3.54. The third-order valence-electron chi connectivity index (χ3n) is 2.98. The van der Waals surface area contributed by atoms with Crippen molar-refractivity contribution in [2.45, 2.75) is 25.3 Å². The second-order valence-electron chi connectivity index (χ2n) is 4.60. The van der Waals surface area contributed by atoms with E-state index in [1.165, 1.54) is 4.90 Å². The number of rotatable bonds is 5. The minimum atomic E-state index is -3.28. The Hall–Kier alpha value is -1.75. The maximum Gasteiger partial charge on any atom is 0.317 e. The van der Waals surface area contributed by atoms with E-state index >= 15 is 0 Å². The molecule has 0 aromatic carbocycles. The van der Waals surface area contributed by atoms with Crippen LogP contribution in [0.5, 0.6) is 0 Å². The van der Waals surface area contributed by atoms with Gasteiger partial charge >= 0.3 is 12.0 Å². The van der Waals surface area contributed by atoms with Crippen LogP contribution in [0.4, 0.5) is 4.79 Å². The smallest absolute Gasteiger partial charge is 0.317 e. The van der Waals surface area contributed by atoms with Crippen LogP contribution in [-0.4, -0.2) is 61.1 Å². The number of sulfone groups is 1. The Morgan fingerprint density at radius 1 is 1.45 bits per heavy atom. The number of hydrogen-bond acceptors (Lipinski definition) is 4. The summed E-state index contributed by atoms with van der Waals surface area (Å²) >= 11 is 0. The van der Waals surface area contributed by atoms with Gasteiger partial charge in [0.25, 0.3) is 0 Å². The van der Waals surface area contributed by atoms with Crippen molar-refractivity contribution in [2.75, 3.05) is 24.6 Å². The van der Waals surface area contributed by atoms with Crippen LogP contribution >= 0.6 is 0 Å². The number of carboxylic acid groups (broad SMARTS) is 1. The molecule has 20 heavy (non-hydrogen) atoms. The van der Waals surface area contributed by atoms with Crippen LogP contribution in [-0.2, 0) is 14.6 Å². The molecule has 0 spiro atoms. The Morgan fingerprint density at radius 3 is 2.75 bits per heavy atom. The summed E-state index contributed by atoms with van der Waals surface area (Å²) in [6.45, 7) is 0.396. The van der Waals surface area contributed by atoms with Crippen molar-refractivity contribution in [1.29, 1.82) is 0 Å². The highest BCUT2D eigenvalue weighted by molar-refractivity contribution is 7.91. The van der Waals surface area contributed by atoms with Crippen LogP contribution in [0.15, 0.2) is 0 Å². The maximum absolute atomic E-state index is 11.9. The molecule has 1 atom stereocenters. The van der Waals surface area contributed by atoms with E-state index in [1.807, 2.05) is 0 Å². The number of carbonyl (C=O) groups is 2. The Kier molecular flexibility index (Phi) is 5.82. The normalized spacial score (nSPS) is 20.9. The largest absolute Gasteiger partial charge is 0.481 e. The molecule has 0 aliphatic carbocycles. The van der Waals surface area contributed by atoms with Gasteiger partial charge in [0.2, 0.25) is 0 Å². The lowest BCUT2D eigenvalue weighted by molar-refractivity contribution is -0.138. The van der Waals surface area contributed by atoms with Gasteiger partial charge in [-0.25, -0.2) is 13.2 Å².